The summed E-state index contributed by atoms with van der Waals surface area (Å²) in [5.41, 5.74) is 2.25. The third kappa shape index (κ3) is 4.12. The summed E-state index contributed by atoms with van der Waals surface area (Å²) >= 11 is 0. The zero-order valence-corrected chi connectivity index (χ0v) is 18.6. The quantitative estimate of drug-likeness (QED) is 0.723. The Labute approximate surface area is 188 Å². The molecule has 1 fully saturated rings. The second-order valence-corrected chi connectivity index (χ2v) is 8.24. The fourth-order valence-corrected chi connectivity index (χ4v) is 4.75. The molecule has 2 aromatic rings. The lowest BCUT2D eigenvalue weighted by atomic mass is 9.78. The minimum Gasteiger partial charge on any atom is -0.383 e. The second-order valence-electron chi connectivity index (χ2n) is 8.24. The third-order valence-corrected chi connectivity index (χ3v) is 6.42. The van der Waals surface area contributed by atoms with Crippen molar-refractivity contribution in [3.8, 4) is 0 Å². The fraction of sp³-hybridized carbons (Fsp3) is 0.400. The van der Waals surface area contributed by atoms with Crippen LogP contribution in [0.4, 0.5) is 0 Å². The summed E-state index contributed by atoms with van der Waals surface area (Å²) < 4.78 is 5.28. The van der Waals surface area contributed by atoms with Gasteiger partial charge in [0, 0.05) is 52.3 Å². The van der Waals surface area contributed by atoms with Crippen LogP contribution >= 0.6 is 0 Å². The maximum atomic E-state index is 14.0. The molecule has 2 aromatic carbocycles. The third-order valence-electron chi connectivity index (χ3n) is 6.42. The van der Waals surface area contributed by atoms with Gasteiger partial charge in [-0.15, -0.1) is 0 Å². The minimum absolute atomic E-state index is 0.00979. The topological polar surface area (TPSA) is 70.2 Å². The van der Waals surface area contributed by atoms with Crippen molar-refractivity contribution in [2.45, 2.75) is 18.9 Å². The monoisotopic (exact) mass is 435 g/mol. The Morgan fingerprint density at radius 3 is 2.22 bits per heavy atom. The highest BCUT2D eigenvalue weighted by Gasteiger charge is 2.45. The molecule has 1 saturated heterocycles. The van der Waals surface area contributed by atoms with Crippen LogP contribution in [-0.4, -0.2) is 78.9 Å². The first-order chi connectivity index (χ1) is 15.5. The van der Waals surface area contributed by atoms with E-state index in [1.807, 2.05) is 53.4 Å². The van der Waals surface area contributed by atoms with E-state index in [9.17, 15) is 14.4 Å². The summed E-state index contributed by atoms with van der Waals surface area (Å²) in [6.07, 6.45) is 0. The highest BCUT2D eigenvalue weighted by Crippen LogP contribution is 2.43. The first-order valence-corrected chi connectivity index (χ1v) is 11.0. The zero-order chi connectivity index (χ0) is 22.7. The highest BCUT2D eigenvalue weighted by atomic mass is 16.5. The number of methoxy groups -OCH3 is 1. The molecule has 0 aromatic heterocycles. The van der Waals surface area contributed by atoms with E-state index in [2.05, 4.69) is 0 Å². The van der Waals surface area contributed by atoms with Crippen LogP contribution in [0.3, 0.4) is 0 Å². The Morgan fingerprint density at radius 1 is 0.938 bits per heavy atom. The van der Waals surface area contributed by atoms with Crippen molar-refractivity contribution in [2.75, 3.05) is 46.4 Å². The highest BCUT2D eigenvalue weighted by molar-refractivity contribution is 6.01. The number of ether oxygens (including phenoxy) is 1. The van der Waals surface area contributed by atoms with E-state index < -0.39 is 12.0 Å². The molecule has 0 aliphatic carbocycles. The lowest BCUT2D eigenvalue weighted by molar-refractivity contribution is -0.140. The zero-order valence-electron chi connectivity index (χ0n) is 18.6. The molecule has 2 heterocycles. The van der Waals surface area contributed by atoms with E-state index in [0.717, 1.165) is 11.1 Å². The van der Waals surface area contributed by atoms with E-state index in [4.69, 9.17) is 4.74 Å². The van der Waals surface area contributed by atoms with Crippen LogP contribution in [-0.2, 0) is 14.3 Å². The maximum absolute atomic E-state index is 14.0. The molecule has 0 bridgehead atoms. The number of carbonyl (C=O) groups is 3. The molecular weight excluding hydrogens is 406 g/mol. The van der Waals surface area contributed by atoms with Crippen LogP contribution in [0.5, 0.6) is 0 Å². The Hall–Kier alpha value is -3.19. The average Bonchev–Trinajstić information content (AvgIpc) is 2.83. The number of rotatable bonds is 5. The van der Waals surface area contributed by atoms with Gasteiger partial charge >= 0.3 is 0 Å². The number of nitrogens with zero attached hydrogens (tertiary/aromatic N) is 3. The van der Waals surface area contributed by atoms with E-state index in [0.29, 0.717) is 44.9 Å². The molecule has 0 spiro atoms. The van der Waals surface area contributed by atoms with E-state index in [-0.39, 0.29) is 17.7 Å². The van der Waals surface area contributed by atoms with Gasteiger partial charge in [0.1, 0.15) is 0 Å². The Morgan fingerprint density at radius 2 is 1.56 bits per heavy atom. The molecule has 3 amide bonds. The Kier molecular flexibility index (Phi) is 6.55. The first kappa shape index (κ1) is 22.0. The largest absolute Gasteiger partial charge is 0.383 e. The standard InChI is InChI=1S/C25H29N3O4/c1-18(29)26-12-14-27(15-13-26)25(31)22-20-10-6-7-11-21(20)24(30)28(16-17-32-2)23(22)19-8-4-3-5-9-19/h3-11,22-23H,12-17H2,1-2H3. The number of hydrogen-bond donors (Lipinski definition) is 0. The van der Waals surface area contributed by atoms with Crippen molar-refractivity contribution in [3.05, 3.63) is 71.3 Å². The minimum atomic E-state index is -0.521. The average molecular weight is 436 g/mol. The van der Waals surface area contributed by atoms with Crippen molar-refractivity contribution in [1.82, 2.24) is 14.7 Å². The molecule has 7 heteroatoms. The van der Waals surface area contributed by atoms with Gasteiger partial charge in [-0.1, -0.05) is 48.5 Å². The summed E-state index contributed by atoms with van der Waals surface area (Å²) in [6.45, 7) is 4.37. The lowest BCUT2D eigenvalue weighted by Gasteiger charge is -2.44. The molecule has 4 rings (SSSR count). The van der Waals surface area contributed by atoms with Crippen LogP contribution in [0.25, 0.3) is 0 Å². The molecule has 2 aliphatic rings. The number of piperazine rings is 1. The molecule has 0 radical (unpaired) electrons. The summed E-state index contributed by atoms with van der Waals surface area (Å²) in [5.74, 6) is -0.591. The van der Waals surface area contributed by atoms with Gasteiger partial charge in [0.25, 0.3) is 5.91 Å². The maximum Gasteiger partial charge on any atom is 0.254 e. The van der Waals surface area contributed by atoms with Gasteiger partial charge in [-0.2, -0.15) is 0 Å². The summed E-state index contributed by atoms with van der Waals surface area (Å²) in [5, 5.41) is 0. The van der Waals surface area contributed by atoms with Crippen LogP contribution in [0.15, 0.2) is 54.6 Å². The van der Waals surface area contributed by atoms with Gasteiger partial charge in [0.05, 0.1) is 18.6 Å². The lowest BCUT2D eigenvalue weighted by Crippen LogP contribution is -2.54. The molecule has 2 atom stereocenters. The molecule has 2 aliphatic heterocycles. The predicted molar refractivity (Wildman–Crippen MR) is 120 cm³/mol. The molecular formula is C25H29N3O4. The van der Waals surface area contributed by atoms with Gasteiger partial charge < -0.3 is 19.4 Å². The summed E-state index contributed by atoms with van der Waals surface area (Å²) in [6, 6.07) is 16.7. The number of amides is 3. The first-order valence-electron chi connectivity index (χ1n) is 11.0. The molecule has 0 N–H and O–H groups in total. The molecule has 168 valence electrons. The van der Waals surface area contributed by atoms with Crippen molar-refractivity contribution in [3.63, 3.8) is 0 Å². The predicted octanol–water partition coefficient (Wildman–Crippen LogP) is 2.30. The second kappa shape index (κ2) is 9.53. The number of carbonyl (C=O) groups excluding carboxylic acids is 3. The smallest absolute Gasteiger partial charge is 0.254 e. The fourth-order valence-electron chi connectivity index (χ4n) is 4.75. The van der Waals surface area contributed by atoms with Crippen molar-refractivity contribution in [2.24, 2.45) is 0 Å². The molecule has 32 heavy (non-hydrogen) atoms. The van der Waals surface area contributed by atoms with E-state index >= 15 is 0 Å². The molecule has 7 nitrogen and oxygen atoms in total. The number of fused-ring (bicyclic) bond motifs is 1. The van der Waals surface area contributed by atoms with Crippen LogP contribution in [0.1, 0.15) is 40.4 Å². The van der Waals surface area contributed by atoms with Crippen LogP contribution < -0.4 is 0 Å². The number of hydrogen-bond acceptors (Lipinski definition) is 4. The van der Waals surface area contributed by atoms with Gasteiger partial charge in [0.2, 0.25) is 11.8 Å². The van der Waals surface area contributed by atoms with E-state index in [1.54, 1.807) is 29.9 Å². The Balaban J connectivity index is 1.75. The van der Waals surface area contributed by atoms with Gasteiger partial charge in [-0.05, 0) is 17.2 Å². The van der Waals surface area contributed by atoms with E-state index in [1.165, 1.54) is 0 Å². The normalized spacial score (nSPS) is 20.8. The molecule has 0 saturated carbocycles. The van der Waals surface area contributed by atoms with Crippen molar-refractivity contribution in [1.29, 1.82) is 0 Å². The van der Waals surface area contributed by atoms with Crippen LogP contribution in [0.2, 0.25) is 0 Å². The van der Waals surface area contributed by atoms with Crippen molar-refractivity contribution >= 4 is 17.7 Å². The Bertz CT molecular complexity index is 986. The molecule has 2 unspecified atom stereocenters. The van der Waals surface area contributed by atoms with Crippen molar-refractivity contribution < 1.29 is 19.1 Å². The summed E-state index contributed by atoms with van der Waals surface area (Å²) in [7, 11) is 1.61. The van der Waals surface area contributed by atoms with Gasteiger partial charge in [0.15, 0.2) is 0 Å². The van der Waals surface area contributed by atoms with Crippen LogP contribution in [0, 0.1) is 0 Å². The SMILES string of the molecule is COCCN1C(=O)c2ccccc2C(C(=O)N2CCN(C(C)=O)CC2)C1c1ccccc1. The summed E-state index contributed by atoms with van der Waals surface area (Å²) in [4.78, 5) is 44.5. The van der Waals surface area contributed by atoms with Gasteiger partial charge in [-0.3, -0.25) is 14.4 Å². The number of benzene rings is 2. The van der Waals surface area contributed by atoms with Gasteiger partial charge in [-0.25, -0.2) is 0 Å².